The van der Waals surface area contributed by atoms with Gasteiger partial charge in [0.1, 0.15) is 5.82 Å². The molecule has 0 aliphatic rings. The lowest BCUT2D eigenvalue weighted by Gasteiger charge is -2.08. The van der Waals surface area contributed by atoms with E-state index in [4.69, 9.17) is 11.0 Å². The number of nitrogen functional groups attached to an aromatic ring is 1. The second-order valence-electron chi connectivity index (χ2n) is 5.88. The van der Waals surface area contributed by atoms with Gasteiger partial charge in [0.05, 0.1) is 11.6 Å². The maximum Gasteiger partial charge on any atom is 0.127 e. The van der Waals surface area contributed by atoms with Gasteiger partial charge in [-0.1, -0.05) is 25.8 Å². The monoisotopic (exact) mass is 295 g/mol. The summed E-state index contributed by atoms with van der Waals surface area (Å²) in [7, 11) is 0. The Morgan fingerprint density at radius 2 is 1.91 bits per heavy atom. The van der Waals surface area contributed by atoms with E-state index in [1.165, 1.54) is 35.8 Å². The van der Waals surface area contributed by atoms with Gasteiger partial charge in [-0.3, -0.25) is 0 Å². The SMILES string of the molecule is CCCCCc1cc2cc(CCCCC#N)ccc2nc1N. The molecule has 0 spiro atoms. The van der Waals surface area contributed by atoms with Gasteiger partial charge in [0, 0.05) is 11.8 Å². The fourth-order valence-corrected chi connectivity index (χ4v) is 2.74. The number of aryl methyl sites for hydroxylation is 2. The summed E-state index contributed by atoms with van der Waals surface area (Å²) in [6, 6.07) is 10.8. The summed E-state index contributed by atoms with van der Waals surface area (Å²) in [5, 5.41) is 9.76. The lowest BCUT2D eigenvalue weighted by molar-refractivity contribution is 0.717. The van der Waals surface area contributed by atoms with Crippen LogP contribution in [-0.4, -0.2) is 4.98 Å². The third-order valence-corrected chi connectivity index (χ3v) is 4.05. The van der Waals surface area contributed by atoms with Crippen LogP contribution in [0.4, 0.5) is 5.82 Å². The molecule has 2 rings (SSSR count). The molecule has 1 heterocycles. The van der Waals surface area contributed by atoms with Gasteiger partial charge < -0.3 is 5.73 Å². The van der Waals surface area contributed by atoms with E-state index in [0.717, 1.165) is 31.2 Å². The van der Waals surface area contributed by atoms with Gasteiger partial charge >= 0.3 is 0 Å². The third-order valence-electron chi connectivity index (χ3n) is 4.05. The van der Waals surface area contributed by atoms with Crippen molar-refractivity contribution in [2.75, 3.05) is 5.73 Å². The number of aromatic nitrogens is 1. The number of anilines is 1. The van der Waals surface area contributed by atoms with Crippen LogP contribution < -0.4 is 5.73 Å². The molecule has 1 aromatic heterocycles. The molecule has 0 aliphatic carbocycles. The maximum absolute atomic E-state index is 8.58. The minimum absolute atomic E-state index is 0.646. The number of nitrogens with zero attached hydrogens (tertiary/aromatic N) is 2. The zero-order valence-electron chi connectivity index (χ0n) is 13.4. The average molecular weight is 295 g/mol. The highest BCUT2D eigenvalue weighted by Gasteiger charge is 2.05. The van der Waals surface area contributed by atoms with Gasteiger partial charge in [0.2, 0.25) is 0 Å². The highest BCUT2D eigenvalue weighted by atomic mass is 14.8. The number of rotatable bonds is 8. The van der Waals surface area contributed by atoms with Crippen LogP contribution in [0.1, 0.15) is 56.6 Å². The number of pyridine rings is 1. The minimum atomic E-state index is 0.646. The first-order valence-corrected chi connectivity index (χ1v) is 8.29. The topological polar surface area (TPSA) is 62.7 Å². The molecule has 0 atom stereocenters. The highest BCUT2D eigenvalue weighted by molar-refractivity contribution is 5.82. The van der Waals surface area contributed by atoms with Crippen molar-refractivity contribution in [2.24, 2.45) is 0 Å². The third kappa shape index (κ3) is 4.46. The lowest BCUT2D eigenvalue weighted by atomic mass is 10.0. The molecule has 0 aliphatic heterocycles. The molecule has 2 aromatic rings. The Bertz CT molecular complexity index is 656. The van der Waals surface area contributed by atoms with Gasteiger partial charge in [-0.05, 0) is 61.4 Å². The van der Waals surface area contributed by atoms with Crippen LogP contribution >= 0.6 is 0 Å². The average Bonchev–Trinajstić information content (AvgIpc) is 2.52. The highest BCUT2D eigenvalue weighted by Crippen LogP contribution is 2.22. The van der Waals surface area contributed by atoms with Crippen LogP contribution in [0.5, 0.6) is 0 Å². The molecule has 3 heteroatoms. The van der Waals surface area contributed by atoms with Crippen molar-refractivity contribution in [3.05, 3.63) is 35.4 Å². The Labute approximate surface area is 133 Å². The maximum atomic E-state index is 8.58. The standard InChI is InChI=1S/C19H25N3/c1-2-3-5-9-16-14-17-13-15(8-6-4-7-12-20)10-11-18(17)22-19(16)21/h10-11,13-14H,2-9H2,1H3,(H2,21,22). The van der Waals surface area contributed by atoms with E-state index in [2.05, 4.69) is 42.2 Å². The molecule has 0 bridgehead atoms. The molecule has 0 saturated carbocycles. The van der Waals surface area contributed by atoms with Crippen LogP contribution in [0.2, 0.25) is 0 Å². The summed E-state index contributed by atoms with van der Waals surface area (Å²) in [6.07, 6.45) is 8.32. The van der Waals surface area contributed by atoms with Crippen LogP contribution in [0.3, 0.4) is 0 Å². The quantitative estimate of drug-likeness (QED) is 0.712. The number of fused-ring (bicyclic) bond motifs is 1. The van der Waals surface area contributed by atoms with E-state index in [1.54, 1.807) is 0 Å². The summed E-state index contributed by atoms with van der Waals surface area (Å²) in [5.74, 6) is 0.672. The molecule has 0 fully saturated rings. The molecule has 0 unspecified atom stereocenters. The number of benzene rings is 1. The van der Waals surface area contributed by atoms with Crippen molar-refractivity contribution in [2.45, 2.75) is 58.3 Å². The predicted molar refractivity (Wildman–Crippen MR) is 92.6 cm³/mol. The second-order valence-corrected chi connectivity index (χ2v) is 5.88. The predicted octanol–water partition coefficient (Wildman–Crippen LogP) is 4.79. The molecule has 22 heavy (non-hydrogen) atoms. The van der Waals surface area contributed by atoms with E-state index in [1.807, 2.05) is 0 Å². The van der Waals surface area contributed by atoms with Crippen molar-refractivity contribution < 1.29 is 0 Å². The van der Waals surface area contributed by atoms with E-state index in [-0.39, 0.29) is 0 Å². The molecule has 0 saturated heterocycles. The molecule has 116 valence electrons. The molecule has 0 amide bonds. The number of hydrogen-bond acceptors (Lipinski definition) is 3. The van der Waals surface area contributed by atoms with E-state index < -0.39 is 0 Å². The Hall–Kier alpha value is -2.08. The van der Waals surface area contributed by atoms with E-state index in [0.29, 0.717) is 12.2 Å². The van der Waals surface area contributed by atoms with Crippen molar-refractivity contribution >= 4 is 16.7 Å². The van der Waals surface area contributed by atoms with Crippen molar-refractivity contribution in [1.82, 2.24) is 4.98 Å². The Morgan fingerprint density at radius 1 is 1.09 bits per heavy atom. The zero-order valence-corrected chi connectivity index (χ0v) is 13.4. The van der Waals surface area contributed by atoms with Crippen LogP contribution in [0, 0.1) is 11.3 Å². The molecule has 1 aromatic carbocycles. The Kier molecular flexibility index (Phi) is 6.21. The van der Waals surface area contributed by atoms with Crippen LogP contribution in [0.25, 0.3) is 10.9 Å². The van der Waals surface area contributed by atoms with E-state index >= 15 is 0 Å². The second kappa shape index (κ2) is 8.38. The van der Waals surface area contributed by atoms with Crippen molar-refractivity contribution in [3.8, 4) is 6.07 Å². The molecular formula is C19H25N3. The number of nitrogens with two attached hydrogens (primary N) is 1. The molecule has 0 radical (unpaired) electrons. The number of unbranched alkanes of at least 4 members (excludes halogenated alkanes) is 4. The normalized spacial score (nSPS) is 10.7. The first-order chi connectivity index (χ1) is 10.7. The summed E-state index contributed by atoms with van der Waals surface area (Å²) < 4.78 is 0. The molecule has 3 nitrogen and oxygen atoms in total. The lowest BCUT2D eigenvalue weighted by Crippen LogP contribution is -1.99. The number of nitriles is 1. The smallest absolute Gasteiger partial charge is 0.127 e. The van der Waals surface area contributed by atoms with Crippen molar-refractivity contribution in [1.29, 1.82) is 5.26 Å². The molecule has 2 N–H and O–H groups in total. The van der Waals surface area contributed by atoms with Gasteiger partial charge in [0.25, 0.3) is 0 Å². The summed E-state index contributed by atoms with van der Waals surface area (Å²) in [4.78, 5) is 4.54. The van der Waals surface area contributed by atoms with Gasteiger partial charge in [-0.15, -0.1) is 0 Å². The summed E-state index contributed by atoms with van der Waals surface area (Å²) in [6.45, 7) is 2.21. The van der Waals surface area contributed by atoms with Gasteiger partial charge in [-0.2, -0.15) is 5.26 Å². The number of hydrogen-bond donors (Lipinski definition) is 1. The summed E-state index contributed by atoms with van der Waals surface area (Å²) in [5.41, 5.74) is 9.53. The molecular weight excluding hydrogens is 270 g/mol. The Morgan fingerprint density at radius 3 is 2.68 bits per heavy atom. The van der Waals surface area contributed by atoms with Crippen LogP contribution in [-0.2, 0) is 12.8 Å². The van der Waals surface area contributed by atoms with E-state index in [9.17, 15) is 0 Å². The summed E-state index contributed by atoms with van der Waals surface area (Å²) >= 11 is 0. The van der Waals surface area contributed by atoms with Crippen LogP contribution in [0.15, 0.2) is 24.3 Å². The van der Waals surface area contributed by atoms with Gasteiger partial charge in [-0.25, -0.2) is 4.98 Å². The first-order valence-electron chi connectivity index (χ1n) is 8.29. The fourth-order valence-electron chi connectivity index (χ4n) is 2.74. The minimum Gasteiger partial charge on any atom is -0.383 e. The largest absolute Gasteiger partial charge is 0.383 e. The first kappa shape index (κ1) is 16.3. The Balaban J connectivity index is 2.12. The van der Waals surface area contributed by atoms with Gasteiger partial charge in [0.15, 0.2) is 0 Å². The fraction of sp³-hybridized carbons (Fsp3) is 0.474. The van der Waals surface area contributed by atoms with Crippen molar-refractivity contribution in [3.63, 3.8) is 0 Å². The zero-order chi connectivity index (χ0) is 15.8.